The van der Waals surface area contributed by atoms with Crippen LogP contribution in [0.3, 0.4) is 0 Å². The molecule has 0 aromatic heterocycles. The Morgan fingerprint density at radius 3 is 3.00 bits per heavy atom. The molecule has 2 aliphatic rings. The van der Waals surface area contributed by atoms with E-state index in [1.54, 1.807) is 4.90 Å². The smallest absolute Gasteiger partial charge is 0.254 e. The lowest BCUT2D eigenvalue weighted by Crippen LogP contribution is -2.56. The molecule has 2 aliphatic heterocycles. The van der Waals surface area contributed by atoms with E-state index in [1.165, 1.54) is 5.56 Å². The third-order valence-corrected chi connectivity index (χ3v) is 4.27. The molecule has 2 heterocycles. The van der Waals surface area contributed by atoms with Crippen molar-refractivity contribution in [2.75, 3.05) is 25.0 Å². The first-order valence-corrected chi connectivity index (χ1v) is 7.66. The number of carbonyl (C=O) groups is 2. The molecule has 0 bridgehead atoms. The number of anilines is 1. The van der Waals surface area contributed by atoms with E-state index in [-0.39, 0.29) is 17.9 Å². The summed E-state index contributed by atoms with van der Waals surface area (Å²) in [6.45, 7) is 4.04. The number of nitrogens with one attached hydrogen (secondary N) is 2. The van der Waals surface area contributed by atoms with Crippen molar-refractivity contribution >= 4 is 17.5 Å². The molecule has 1 fully saturated rings. The van der Waals surface area contributed by atoms with Crippen molar-refractivity contribution in [1.29, 1.82) is 0 Å². The second-order valence-corrected chi connectivity index (χ2v) is 5.62. The van der Waals surface area contributed by atoms with E-state index in [2.05, 4.69) is 10.6 Å². The molecular weight excluding hydrogens is 266 g/mol. The van der Waals surface area contributed by atoms with Crippen LogP contribution >= 0.6 is 0 Å². The highest BCUT2D eigenvalue weighted by molar-refractivity contribution is 5.98. The minimum absolute atomic E-state index is 0.0370. The summed E-state index contributed by atoms with van der Waals surface area (Å²) in [5.41, 5.74) is 3.01. The van der Waals surface area contributed by atoms with Gasteiger partial charge in [-0.1, -0.05) is 6.92 Å². The minimum atomic E-state index is -0.347. The molecule has 1 unspecified atom stereocenters. The molecule has 1 aromatic rings. The van der Waals surface area contributed by atoms with E-state index in [4.69, 9.17) is 0 Å². The number of piperazine rings is 1. The zero-order valence-corrected chi connectivity index (χ0v) is 12.3. The number of carbonyl (C=O) groups excluding carboxylic acids is 2. The SMILES string of the molecule is CCC1C(=O)NCCN1C(=O)c1ccc2c(c1)CCCN2. The van der Waals surface area contributed by atoms with Crippen LogP contribution in [0.25, 0.3) is 0 Å². The number of nitrogens with zero attached hydrogens (tertiary/aromatic N) is 1. The third kappa shape index (κ3) is 2.60. The number of rotatable bonds is 2. The van der Waals surface area contributed by atoms with Gasteiger partial charge in [0.15, 0.2) is 0 Å². The van der Waals surface area contributed by atoms with E-state index in [1.807, 2.05) is 25.1 Å². The second kappa shape index (κ2) is 5.76. The van der Waals surface area contributed by atoms with Crippen LogP contribution in [-0.2, 0) is 11.2 Å². The summed E-state index contributed by atoms with van der Waals surface area (Å²) in [4.78, 5) is 26.3. The van der Waals surface area contributed by atoms with E-state index < -0.39 is 0 Å². The lowest BCUT2D eigenvalue weighted by atomic mass is 9.99. The maximum atomic E-state index is 12.7. The molecule has 1 saturated heterocycles. The Hall–Kier alpha value is -2.04. The van der Waals surface area contributed by atoms with Gasteiger partial charge in [-0.25, -0.2) is 0 Å². The Balaban J connectivity index is 1.85. The summed E-state index contributed by atoms with van der Waals surface area (Å²) >= 11 is 0. The van der Waals surface area contributed by atoms with Crippen LogP contribution in [0.2, 0.25) is 0 Å². The molecule has 112 valence electrons. The number of hydrogen-bond acceptors (Lipinski definition) is 3. The summed E-state index contributed by atoms with van der Waals surface area (Å²) in [5.74, 6) is -0.0817. The summed E-state index contributed by atoms with van der Waals surface area (Å²) in [7, 11) is 0. The normalized spacial score (nSPS) is 21.3. The molecule has 5 heteroatoms. The summed E-state index contributed by atoms with van der Waals surface area (Å²) < 4.78 is 0. The molecule has 1 aromatic carbocycles. The molecule has 21 heavy (non-hydrogen) atoms. The van der Waals surface area contributed by atoms with Gasteiger partial charge in [-0.3, -0.25) is 9.59 Å². The Morgan fingerprint density at radius 2 is 2.19 bits per heavy atom. The van der Waals surface area contributed by atoms with Gasteiger partial charge in [-0.15, -0.1) is 0 Å². The van der Waals surface area contributed by atoms with Gasteiger partial charge in [0.1, 0.15) is 6.04 Å². The second-order valence-electron chi connectivity index (χ2n) is 5.62. The first-order chi connectivity index (χ1) is 10.2. The van der Waals surface area contributed by atoms with Crippen molar-refractivity contribution in [3.8, 4) is 0 Å². The van der Waals surface area contributed by atoms with Crippen LogP contribution < -0.4 is 10.6 Å². The molecule has 0 radical (unpaired) electrons. The lowest BCUT2D eigenvalue weighted by molar-refractivity contribution is -0.127. The average molecular weight is 287 g/mol. The van der Waals surface area contributed by atoms with Crippen LogP contribution in [0.15, 0.2) is 18.2 Å². The van der Waals surface area contributed by atoms with Crippen molar-refractivity contribution in [2.24, 2.45) is 0 Å². The van der Waals surface area contributed by atoms with Crippen LogP contribution in [0.1, 0.15) is 35.7 Å². The van der Waals surface area contributed by atoms with Crippen LogP contribution in [0, 0.1) is 0 Å². The fourth-order valence-corrected chi connectivity index (χ4v) is 3.14. The van der Waals surface area contributed by atoms with E-state index >= 15 is 0 Å². The number of benzene rings is 1. The van der Waals surface area contributed by atoms with Gasteiger partial charge >= 0.3 is 0 Å². The Bertz CT molecular complexity index is 571. The van der Waals surface area contributed by atoms with Crippen molar-refractivity contribution in [3.05, 3.63) is 29.3 Å². The predicted octanol–water partition coefficient (Wildman–Crippen LogP) is 1.40. The van der Waals surface area contributed by atoms with Gasteiger partial charge in [0.2, 0.25) is 5.91 Å². The molecule has 1 atom stereocenters. The Labute approximate surface area is 124 Å². The minimum Gasteiger partial charge on any atom is -0.385 e. The highest BCUT2D eigenvalue weighted by Crippen LogP contribution is 2.24. The van der Waals surface area contributed by atoms with E-state index in [9.17, 15) is 9.59 Å². The largest absolute Gasteiger partial charge is 0.385 e. The molecule has 3 rings (SSSR count). The highest BCUT2D eigenvalue weighted by Gasteiger charge is 2.32. The maximum Gasteiger partial charge on any atom is 0.254 e. The van der Waals surface area contributed by atoms with E-state index in [0.717, 1.165) is 25.1 Å². The summed E-state index contributed by atoms with van der Waals surface area (Å²) in [6.07, 6.45) is 2.74. The van der Waals surface area contributed by atoms with Crippen molar-refractivity contribution < 1.29 is 9.59 Å². The maximum absolute atomic E-state index is 12.7. The van der Waals surface area contributed by atoms with Gasteiger partial charge in [-0.05, 0) is 43.0 Å². The van der Waals surface area contributed by atoms with Crippen LogP contribution in [-0.4, -0.2) is 42.4 Å². The van der Waals surface area contributed by atoms with E-state index in [0.29, 0.717) is 25.1 Å². The Morgan fingerprint density at radius 1 is 1.33 bits per heavy atom. The number of fused-ring (bicyclic) bond motifs is 1. The molecule has 5 nitrogen and oxygen atoms in total. The molecule has 2 amide bonds. The van der Waals surface area contributed by atoms with Crippen molar-refractivity contribution in [2.45, 2.75) is 32.2 Å². The van der Waals surface area contributed by atoms with Gasteiger partial charge < -0.3 is 15.5 Å². The molecular formula is C16H21N3O2. The summed E-state index contributed by atoms with van der Waals surface area (Å²) in [6, 6.07) is 5.47. The first kappa shape index (κ1) is 13.9. The summed E-state index contributed by atoms with van der Waals surface area (Å²) in [5, 5.41) is 6.17. The fraction of sp³-hybridized carbons (Fsp3) is 0.500. The number of hydrogen-bond donors (Lipinski definition) is 2. The molecule has 0 aliphatic carbocycles. The number of amides is 2. The van der Waals surface area contributed by atoms with Gasteiger partial charge in [0.25, 0.3) is 5.91 Å². The molecule has 2 N–H and O–H groups in total. The topological polar surface area (TPSA) is 61.4 Å². The van der Waals surface area contributed by atoms with Crippen LogP contribution in [0.5, 0.6) is 0 Å². The van der Waals surface area contributed by atoms with Crippen molar-refractivity contribution in [3.63, 3.8) is 0 Å². The third-order valence-electron chi connectivity index (χ3n) is 4.27. The average Bonchev–Trinajstić information content (AvgIpc) is 2.53. The highest BCUT2D eigenvalue weighted by atomic mass is 16.2. The molecule has 0 spiro atoms. The quantitative estimate of drug-likeness (QED) is 0.864. The zero-order valence-electron chi connectivity index (χ0n) is 12.3. The molecule has 0 saturated carbocycles. The standard InChI is InChI=1S/C16H21N3O2/c1-2-14-15(20)18-8-9-19(14)16(21)12-5-6-13-11(10-12)4-3-7-17-13/h5-6,10,14,17H,2-4,7-9H2,1H3,(H,18,20). The predicted molar refractivity (Wildman–Crippen MR) is 81.4 cm³/mol. The number of aryl methyl sites for hydroxylation is 1. The zero-order chi connectivity index (χ0) is 14.8. The fourth-order valence-electron chi connectivity index (χ4n) is 3.14. The monoisotopic (exact) mass is 287 g/mol. The Kier molecular flexibility index (Phi) is 3.82. The van der Waals surface area contributed by atoms with Gasteiger partial charge in [-0.2, -0.15) is 0 Å². The first-order valence-electron chi connectivity index (χ1n) is 7.66. The van der Waals surface area contributed by atoms with Gasteiger partial charge in [0, 0.05) is 30.9 Å². The van der Waals surface area contributed by atoms with Gasteiger partial charge in [0.05, 0.1) is 0 Å². The van der Waals surface area contributed by atoms with Crippen molar-refractivity contribution in [1.82, 2.24) is 10.2 Å². The van der Waals surface area contributed by atoms with Crippen LogP contribution in [0.4, 0.5) is 5.69 Å². The lowest BCUT2D eigenvalue weighted by Gasteiger charge is -2.34.